The first-order chi connectivity index (χ1) is 10.4. The van der Waals surface area contributed by atoms with Crippen LogP contribution in [0.2, 0.25) is 0 Å². The van der Waals surface area contributed by atoms with E-state index in [1.165, 1.54) is 0 Å². The maximum absolute atomic E-state index is 9.20. The van der Waals surface area contributed by atoms with Gasteiger partial charge in [0.25, 0.3) is 0 Å². The van der Waals surface area contributed by atoms with Gasteiger partial charge in [-0.2, -0.15) is 5.26 Å². The summed E-state index contributed by atoms with van der Waals surface area (Å²) in [5, 5.41) is 9.20. The van der Waals surface area contributed by atoms with Crippen molar-refractivity contribution in [3.05, 3.63) is 48.8 Å². The number of pyridine rings is 1. The second-order valence-electron chi connectivity index (χ2n) is 5.44. The first kappa shape index (κ1) is 13.6. The number of hydrogen-bond donors (Lipinski definition) is 0. The van der Waals surface area contributed by atoms with Crippen LogP contribution in [0, 0.1) is 17.2 Å². The molecule has 0 radical (unpaired) electrons. The number of ether oxygens (including phenoxy) is 1. The molecule has 2 atom stereocenters. The van der Waals surface area contributed by atoms with Crippen LogP contribution in [0.3, 0.4) is 0 Å². The minimum Gasteiger partial charge on any atom is -0.489 e. The Bertz CT molecular complexity index is 616. The van der Waals surface area contributed by atoms with Crippen LogP contribution in [0.25, 0.3) is 11.1 Å². The van der Waals surface area contributed by atoms with Crippen molar-refractivity contribution in [1.82, 2.24) is 4.98 Å². The number of hydrogen-bond acceptors (Lipinski definition) is 3. The van der Waals surface area contributed by atoms with Gasteiger partial charge in [-0.1, -0.05) is 18.6 Å². The van der Waals surface area contributed by atoms with E-state index >= 15 is 0 Å². The molecule has 1 aliphatic carbocycles. The van der Waals surface area contributed by atoms with Gasteiger partial charge in [0, 0.05) is 12.4 Å². The maximum Gasteiger partial charge on any atom is 0.119 e. The molecule has 0 bridgehead atoms. The summed E-state index contributed by atoms with van der Waals surface area (Å²) in [6, 6.07) is 14.4. The van der Waals surface area contributed by atoms with Crippen LogP contribution in [0.1, 0.15) is 25.7 Å². The van der Waals surface area contributed by atoms with E-state index < -0.39 is 0 Å². The Labute approximate surface area is 125 Å². The fourth-order valence-electron chi connectivity index (χ4n) is 2.83. The van der Waals surface area contributed by atoms with E-state index in [1.54, 1.807) is 12.4 Å². The molecule has 1 fully saturated rings. The number of benzene rings is 1. The number of rotatable bonds is 3. The van der Waals surface area contributed by atoms with Crippen molar-refractivity contribution >= 4 is 0 Å². The molecular weight excluding hydrogens is 260 g/mol. The summed E-state index contributed by atoms with van der Waals surface area (Å²) < 4.78 is 6.01. The van der Waals surface area contributed by atoms with Gasteiger partial charge in [0.15, 0.2) is 0 Å². The van der Waals surface area contributed by atoms with E-state index in [0.717, 1.165) is 42.6 Å². The van der Waals surface area contributed by atoms with E-state index in [9.17, 15) is 5.26 Å². The summed E-state index contributed by atoms with van der Waals surface area (Å²) in [6.07, 6.45) is 7.84. The summed E-state index contributed by atoms with van der Waals surface area (Å²) in [7, 11) is 0. The van der Waals surface area contributed by atoms with Crippen molar-refractivity contribution in [2.75, 3.05) is 0 Å². The fourth-order valence-corrected chi connectivity index (χ4v) is 2.83. The molecule has 0 spiro atoms. The van der Waals surface area contributed by atoms with Crippen molar-refractivity contribution in [3.63, 3.8) is 0 Å². The maximum atomic E-state index is 9.20. The summed E-state index contributed by atoms with van der Waals surface area (Å²) in [5.41, 5.74) is 2.29. The lowest BCUT2D eigenvalue weighted by Gasteiger charge is -2.27. The van der Waals surface area contributed by atoms with Gasteiger partial charge in [0.2, 0.25) is 0 Å². The van der Waals surface area contributed by atoms with Crippen molar-refractivity contribution in [3.8, 4) is 22.9 Å². The van der Waals surface area contributed by atoms with Crippen molar-refractivity contribution in [2.45, 2.75) is 31.8 Å². The van der Waals surface area contributed by atoms with Gasteiger partial charge >= 0.3 is 0 Å². The molecular formula is C18H18N2O. The summed E-state index contributed by atoms with van der Waals surface area (Å²) in [5.74, 6) is 0.874. The van der Waals surface area contributed by atoms with Crippen LogP contribution < -0.4 is 4.74 Å². The zero-order chi connectivity index (χ0) is 14.5. The molecule has 0 N–H and O–H groups in total. The average molecular weight is 278 g/mol. The molecule has 3 nitrogen and oxygen atoms in total. The predicted octanol–water partition coefficient (Wildman–Crippen LogP) is 4.21. The Morgan fingerprint density at radius 1 is 0.952 bits per heavy atom. The van der Waals surface area contributed by atoms with Crippen molar-refractivity contribution in [2.24, 2.45) is 5.92 Å². The second kappa shape index (κ2) is 6.41. The zero-order valence-corrected chi connectivity index (χ0v) is 11.9. The van der Waals surface area contributed by atoms with Gasteiger partial charge < -0.3 is 4.74 Å². The largest absolute Gasteiger partial charge is 0.489 e. The van der Waals surface area contributed by atoms with E-state index in [2.05, 4.69) is 23.2 Å². The van der Waals surface area contributed by atoms with Gasteiger partial charge in [-0.25, -0.2) is 0 Å². The minimum atomic E-state index is 0.0265. The van der Waals surface area contributed by atoms with Crippen LogP contribution in [-0.2, 0) is 0 Å². The predicted molar refractivity (Wildman–Crippen MR) is 81.7 cm³/mol. The van der Waals surface area contributed by atoms with E-state index in [4.69, 9.17) is 4.74 Å². The number of aromatic nitrogens is 1. The topological polar surface area (TPSA) is 45.9 Å². The van der Waals surface area contributed by atoms with E-state index in [1.807, 2.05) is 24.3 Å². The molecule has 0 aliphatic heterocycles. The number of nitrogens with zero attached hydrogens (tertiary/aromatic N) is 2. The Morgan fingerprint density at radius 3 is 2.33 bits per heavy atom. The average Bonchev–Trinajstić information content (AvgIpc) is 2.57. The SMILES string of the molecule is N#CC1CCCCC1Oc1ccc(-c2ccncc2)cc1. The highest BCUT2D eigenvalue weighted by Gasteiger charge is 2.26. The molecule has 2 unspecified atom stereocenters. The molecule has 1 heterocycles. The number of nitriles is 1. The van der Waals surface area contributed by atoms with Crippen LogP contribution >= 0.6 is 0 Å². The van der Waals surface area contributed by atoms with Crippen LogP contribution in [-0.4, -0.2) is 11.1 Å². The fraction of sp³-hybridized carbons (Fsp3) is 0.333. The van der Waals surface area contributed by atoms with Crippen LogP contribution in [0.5, 0.6) is 5.75 Å². The minimum absolute atomic E-state index is 0.0265. The Hall–Kier alpha value is -2.34. The van der Waals surface area contributed by atoms with Crippen LogP contribution in [0.15, 0.2) is 48.8 Å². The Balaban J connectivity index is 1.71. The monoisotopic (exact) mass is 278 g/mol. The molecule has 3 rings (SSSR count). The third-order valence-electron chi connectivity index (χ3n) is 4.02. The highest BCUT2D eigenvalue weighted by Crippen LogP contribution is 2.29. The quantitative estimate of drug-likeness (QED) is 0.844. The highest BCUT2D eigenvalue weighted by atomic mass is 16.5. The summed E-state index contributed by atoms with van der Waals surface area (Å²) >= 11 is 0. The van der Waals surface area contributed by atoms with Gasteiger partial charge in [-0.05, 0) is 54.7 Å². The molecule has 0 saturated heterocycles. The third kappa shape index (κ3) is 3.22. The first-order valence-electron chi connectivity index (χ1n) is 7.43. The molecule has 3 heteroatoms. The Kier molecular flexibility index (Phi) is 4.16. The van der Waals surface area contributed by atoms with Crippen molar-refractivity contribution in [1.29, 1.82) is 5.26 Å². The van der Waals surface area contributed by atoms with E-state index in [-0.39, 0.29) is 12.0 Å². The molecule has 1 saturated carbocycles. The third-order valence-corrected chi connectivity index (χ3v) is 4.02. The molecule has 0 amide bonds. The summed E-state index contributed by atoms with van der Waals surface area (Å²) in [4.78, 5) is 4.03. The lowest BCUT2D eigenvalue weighted by molar-refractivity contribution is 0.120. The molecule has 1 aromatic heterocycles. The highest BCUT2D eigenvalue weighted by molar-refractivity contribution is 5.63. The Morgan fingerprint density at radius 2 is 1.62 bits per heavy atom. The molecule has 2 aromatic rings. The second-order valence-corrected chi connectivity index (χ2v) is 5.44. The molecule has 106 valence electrons. The molecule has 1 aromatic carbocycles. The zero-order valence-electron chi connectivity index (χ0n) is 11.9. The lowest BCUT2D eigenvalue weighted by Crippen LogP contribution is -2.29. The van der Waals surface area contributed by atoms with E-state index in [0.29, 0.717) is 0 Å². The van der Waals surface area contributed by atoms with Crippen LogP contribution in [0.4, 0.5) is 0 Å². The lowest BCUT2D eigenvalue weighted by atomic mass is 9.87. The van der Waals surface area contributed by atoms with Gasteiger partial charge in [0.1, 0.15) is 11.9 Å². The van der Waals surface area contributed by atoms with Gasteiger partial charge in [-0.15, -0.1) is 0 Å². The smallest absolute Gasteiger partial charge is 0.119 e. The van der Waals surface area contributed by atoms with Gasteiger partial charge in [0.05, 0.1) is 12.0 Å². The molecule has 21 heavy (non-hydrogen) atoms. The molecule has 1 aliphatic rings. The summed E-state index contributed by atoms with van der Waals surface area (Å²) in [6.45, 7) is 0. The standard InChI is InChI=1S/C18H18N2O/c19-13-16-3-1-2-4-18(16)21-17-7-5-14(6-8-17)15-9-11-20-12-10-15/h5-12,16,18H,1-4H2. The van der Waals surface area contributed by atoms with Gasteiger partial charge in [-0.3, -0.25) is 4.98 Å². The van der Waals surface area contributed by atoms with Crippen molar-refractivity contribution < 1.29 is 4.74 Å². The first-order valence-corrected chi connectivity index (χ1v) is 7.43. The normalized spacial score (nSPS) is 21.5.